The highest BCUT2D eigenvalue weighted by atomic mass is 16.9. The van der Waals surface area contributed by atoms with Crippen LogP contribution in [-0.2, 0) is 4.84 Å². The van der Waals surface area contributed by atoms with Crippen molar-refractivity contribution in [1.29, 1.82) is 0 Å². The summed E-state index contributed by atoms with van der Waals surface area (Å²) in [7, 11) is 0. The first-order valence-corrected chi connectivity index (χ1v) is 2.56. The predicted octanol–water partition coefficient (Wildman–Crippen LogP) is 0.605. The van der Waals surface area contributed by atoms with E-state index < -0.39 is 5.09 Å². The highest BCUT2D eigenvalue weighted by Gasteiger charge is 2.22. The third-order valence-corrected chi connectivity index (χ3v) is 1.11. The van der Waals surface area contributed by atoms with E-state index in [0.29, 0.717) is 12.5 Å². The predicted molar refractivity (Wildman–Crippen MR) is 25.7 cm³/mol. The van der Waals surface area contributed by atoms with Crippen LogP contribution < -0.4 is 0 Å². The van der Waals surface area contributed by atoms with Gasteiger partial charge in [-0.05, 0) is 18.8 Å². The lowest BCUT2D eigenvalue weighted by Crippen LogP contribution is -2.02. The van der Waals surface area contributed by atoms with Crippen LogP contribution >= 0.6 is 0 Å². The van der Waals surface area contributed by atoms with E-state index in [2.05, 4.69) is 4.84 Å². The molecule has 0 N–H and O–H groups in total. The Balaban J connectivity index is 1.95. The van der Waals surface area contributed by atoms with Crippen molar-refractivity contribution >= 4 is 0 Å². The zero-order valence-electron chi connectivity index (χ0n) is 4.37. The quantitative estimate of drug-likeness (QED) is 0.402. The smallest absolute Gasteiger partial charge is 0.294 e. The van der Waals surface area contributed by atoms with Crippen molar-refractivity contribution in [2.75, 3.05) is 6.61 Å². The lowest BCUT2D eigenvalue weighted by Gasteiger charge is -1.90. The number of rotatable bonds is 3. The van der Waals surface area contributed by atoms with Crippen molar-refractivity contribution in [3.63, 3.8) is 0 Å². The zero-order valence-corrected chi connectivity index (χ0v) is 4.37. The molecule has 0 amide bonds. The second-order valence-corrected chi connectivity index (χ2v) is 1.96. The second-order valence-electron chi connectivity index (χ2n) is 1.96. The fourth-order valence-corrected chi connectivity index (χ4v) is 0.451. The lowest BCUT2D eigenvalue weighted by atomic mass is 10.5. The molecule has 1 aliphatic rings. The summed E-state index contributed by atoms with van der Waals surface area (Å²) in [5.74, 6) is 0.473. The van der Waals surface area contributed by atoms with Crippen molar-refractivity contribution < 1.29 is 9.92 Å². The van der Waals surface area contributed by atoms with Gasteiger partial charge in [0.05, 0.1) is 6.61 Å². The molecule has 1 fully saturated rings. The third kappa shape index (κ3) is 1.77. The zero-order chi connectivity index (χ0) is 5.98. The average molecular weight is 117 g/mol. The summed E-state index contributed by atoms with van der Waals surface area (Å²) in [6, 6.07) is 0. The first-order chi connectivity index (χ1) is 3.79. The Kier molecular flexibility index (Phi) is 1.32. The molecule has 0 saturated heterocycles. The maximum absolute atomic E-state index is 9.51. The first kappa shape index (κ1) is 5.34. The minimum Gasteiger partial charge on any atom is -0.314 e. The molecular weight excluding hydrogens is 110 g/mol. The molecule has 0 aromatic rings. The molecule has 4 heteroatoms. The van der Waals surface area contributed by atoms with Crippen molar-refractivity contribution in [1.82, 2.24) is 0 Å². The Bertz CT molecular complexity index is 99.5. The summed E-state index contributed by atoms with van der Waals surface area (Å²) in [6.45, 7) is 0.299. The average Bonchev–Trinajstić information content (AvgIpc) is 2.41. The molecule has 0 unspecified atom stereocenters. The standard InChI is InChI=1S/C4H7NO3/c6-5(7)8-3-4-1-2-4/h4H,1-3H2. The molecule has 0 aromatic carbocycles. The normalized spacial score (nSPS) is 18.0. The van der Waals surface area contributed by atoms with Gasteiger partial charge in [0.25, 0.3) is 5.09 Å². The molecule has 0 aliphatic heterocycles. The maximum atomic E-state index is 9.51. The van der Waals surface area contributed by atoms with E-state index in [4.69, 9.17) is 0 Å². The van der Waals surface area contributed by atoms with Gasteiger partial charge in [0.1, 0.15) is 0 Å². The first-order valence-electron chi connectivity index (χ1n) is 2.56. The van der Waals surface area contributed by atoms with Crippen molar-refractivity contribution in [3.05, 3.63) is 10.1 Å². The molecular formula is C4H7NO3. The summed E-state index contributed by atoms with van der Waals surface area (Å²) in [5, 5.41) is 8.78. The number of hydrogen-bond donors (Lipinski definition) is 0. The highest BCUT2D eigenvalue weighted by Crippen LogP contribution is 2.28. The molecule has 0 atom stereocenters. The molecule has 0 radical (unpaired) electrons. The summed E-state index contributed by atoms with van der Waals surface area (Å²) < 4.78 is 0. The number of hydrogen-bond acceptors (Lipinski definition) is 3. The van der Waals surface area contributed by atoms with E-state index in [0.717, 1.165) is 12.8 Å². The van der Waals surface area contributed by atoms with Crippen LogP contribution in [0.3, 0.4) is 0 Å². The Morgan fingerprint density at radius 2 is 2.38 bits per heavy atom. The van der Waals surface area contributed by atoms with Gasteiger partial charge in [0.2, 0.25) is 0 Å². The number of nitrogens with zero attached hydrogens (tertiary/aromatic N) is 1. The molecule has 1 rings (SSSR count). The van der Waals surface area contributed by atoms with Gasteiger partial charge >= 0.3 is 0 Å². The van der Waals surface area contributed by atoms with E-state index in [9.17, 15) is 10.1 Å². The van der Waals surface area contributed by atoms with Gasteiger partial charge < -0.3 is 4.84 Å². The molecule has 0 spiro atoms. The van der Waals surface area contributed by atoms with Crippen LogP contribution in [0, 0.1) is 16.0 Å². The topological polar surface area (TPSA) is 52.4 Å². The summed E-state index contributed by atoms with van der Waals surface area (Å²) >= 11 is 0. The molecule has 0 heterocycles. The Morgan fingerprint density at radius 1 is 1.75 bits per heavy atom. The van der Waals surface area contributed by atoms with Gasteiger partial charge in [-0.2, -0.15) is 0 Å². The molecule has 0 bridgehead atoms. The van der Waals surface area contributed by atoms with Crippen molar-refractivity contribution in [3.8, 4) is 0 Å². The second kappa shape index (κ2) is 1.98. The fraction of sp³-hybridized carbons (Fsp3) is 1.00. The van der Waals surface area contributed by atoms with Crippen LogP contribution in [0.1, 0.15) is 12.8 Å². The minimum absolute atomic E-state index is 0.299. The molecule has 1 aliphatic carbocycles. The monoisotopic (exact) mass is 117 g/mol. The van der Waals surface area contributed by atoms with Gasteiger partial charge in [0.15, 0.2) is 0 Å². The Morgan fingerprint density at radius 3 is 2.75 bits per heavy atom. The van der Waals surface area contributed by atoms with Crippen molar-refractivity contribution in [2.24, 2.45) is 5.92 Å². The van der Waals surface area contributed by atoms with Crippen LogP contribution in [0.25, 0.3) is 0 Å². The van der Waals surface area contributed by atoms with E-state index in [1.54, 1.807) is 0 Å². The van der Waals surface area contributed by atoms with Gasteiger partial charge in [-0.15, -0.1) is 10.1 Å². The molecule has 1 saturated carbocycles. The Hall–Kier alpha value is -0.800. The van der Waals surface area contributed by atoms with Gasteiger partial charge in [-0.1, -0.05) is 0 Å². The van der Waals surface area contributed by atoms with Gasteiger partial charge in [-0.3, -0.25) is 0 Å². The van der Waals surface area contributed by atoms with E-state index in [1.165, 1.54) is 0 Å². The van der Waals surface area contributed by atoms with Crippen LogP contribution in [-0.4, -0.2) is 11.7 Å². The van der Waals surface area contributed by atoms with Crippen LogP contribution in [0.4, 0.5) is 0 Å². The fourth-order valence-electron chi connectivity index (χ4n) is 0.451. The SMILES string of the molecule is O=[N+]([O-])OCC1CC1. The molecule has 0 aromatic heterocycles. The van der Waals surface area contributed by atoms with E-state index in [1.807, 2.05) is 0 Å². The molecule has 4 nitrogen and oxygen atoms in total. The Labute approximate surface area is 46.5 Å². The van der Waals surface area contributed by atoms with Crippen LogP contribution in [0.5, 0.6) is 0 Å². The van der Waals surface area contributed by atoms with Gasteiger partial charge in [-0.25, -0.2) is 0 Å². The van der Waals surface area contributed by atoms with Crippen LogP contribution in [0.2, 0.25) is 0 Å². The van der Waals surface area contributed by atoms with E-state index >= 15 is 0 Å². The van der Waals surface area contributed by atoms with Gasteiger partial charge in [0, 0.05) is 0 Å². The summed E-state index contributed by atoms with van der Waals surface area (Å²) in [4.78, 5) is 13.6. The molecule has 8 heavy (non-hydrogen) atoms. The minimum atomic E-state index is -0.738. The third-order valence-electron chi connectivity index (χ3n) is 1.11. The largest absolute Gasteiger partial charge is 0.314 e. The van der Waals surface area contributed by atoms with E-state index in [-0.39, 0.29) is 0 Å². The highest BCUT2D eigenvalue weighted by molar-refractivity contribution is 4.71. The lowest BCUT2D eigenvalue weighted by molar-refractivity contribution is -0.758. The van der Waals surface area contributed by atoms with Crippen molar-refractivity contribution in [2.45, 2.75) is 12.8 Å². The summed E-state index contributed by atoms with van der Waals surface area (Å²) in [6.07, 6.45) is 2.18. The molecule has 46 valence electrons. The maximum Gasteiger partial charge on any atom is 0.294 e. The summed E-state index contributed by atoms with van der Waals surface area (Å²) in [5.41, 5.74) is 0. The van der Waals surface area contributed by atoms with Crippen LogP contribution in [0.15, 0.2) is 0 Å².